The highest BCUT2D eigenvalue weighted by atomic mass is 16.1. The molecular weight excluding hydrogens is 244 g/mol. The Balaban J connectivity index is 1.91. The molecule has 0 fully saturated rings. The van der Waals surface area contributed by atoms with Crippen molar-refractivity contribution in [3.05, 3.63) is 47.3 Å². The van der Waals surface area contributed by atoms with Crippen molar-refractivity contribution in [2.75, 3.05) is 0 Å². The first-order valence-electron chi connectivity index (χ1n) is 5.46. The highest BCUT2D eigenvalue weighted by Crippen LogP contribution is 2.05. The van der Waals surface area contributed by atoms with Crippen molar-refractivity contribution in [1.29, 1.82) is 5.26 Å². The number of hydrogen-bond donors (Lipinski definition) is 2. The topological polar surface area (TPSA) is 107 Å². The average Bonchev–Trinajstić information content (AvgIpc) is 2.96. The molecule has 1 amide bonds. The van der Waals surface area contributed by atoms with E-state index in [0.717, 1.165) is 5.56 Å². The molecule has 1 heterocycles. The molecule has 0 atom stereocenters. The monoisotopic (exact) mass is 254 g/mol. The molecule has 0 saturated carbocycles. The zero-order valence-electron chi connectivity index (χ0n) is 9.87. The van der Waals surface area contributed by atoms with Crippen LogP contribution in [0.3, 0.4) is 0 Å². The first-order chi connectivity index (χ1) is 9.28. The van der Waals surface area contributed by atoms with E-state index >= 15 is 0 Å². The Bertz CT molecular complexity index is 626. The highest BCUT2D eigenvalue weighted by Gasteiger charge is 2.00. The molecule has 0 aliphatic rings. The van der Waals surface area contributed by atoms with Gasteiger partial charge in [-0.15, -0.1) is 10.2 Å². The average molecular weight is 254 g/mol. The molecule has 2 aromatic rings. The van der Waals surface area contributed by atoms with Crippen LogP contribution in [0.5, 0.6) is 0 Å². The fourth-order valence-corrected chi connectivity index (χ4v) is 1.37. The van der Waals surface area contributed by atoms with Crippen LogP contribution in [-0.4, -0.2) is 26.5 Å². The maximum absolute atomic E-state index is 11.5. The molecule has 0 bridgehead atoms. The zero-order valence-corrected chi connectivity index (χ0v) is 9.87. The molecule has 2 rings (SSSR count). The van der Waals surface area contributed by atoms with Crippen LogP contribution in [0.25, 0.3) is 6.08 Å². The Morgan fingerprint density at radius 3 is 3.16 bits per heavy atom. The molecule has 0 saturated heterocycles. The predicted molar refractivity (Wildman–Crippen MR) is 66.2 cm³/mol. The number of hydrogen-bond acceptors (Lipinski definition) is 5. The van der Waals surface area contributed by atoms with Crippen molar-refractivity contribution >= 4 is 12.0 Å². The van der Waals surface area contributed by atoms with Gasteiger partial charge in [0, 0.05) is 6.08 Å². The number of aromatic amines is 1. The number of H-pyrrole nitrogens is 1. The summed E-state index contributed by atoms with van der Waals surface area (Å²) in [6, 6.07) is 9.01. The Morgan fingerprint density at radius 2 is 2.42 bits per heavy atom. The quantitative estimate of drug-likeness (QED) is 0.768. The number of rotatable bonds is 4. The van der Waals surface area contributed by atoms with Gasteiger partial charge in [-0.05, 0) is 23.8 Å². The van der Waals surface area contributed by atoms with Gasteiger partial charge in [0.2, 0.25) is 5.91 Å². The summed E-state index contributed by atoms with van der Waals surface area (Å²) in [5.74, 6) is 0.139. The number of tetrazole rings is 1. The van der Waals surface area contributed by atoms with Crippen LogP contribution in [0.4, 0.5) is 0 Å². The van der Waals surface area contributed by atoms with Crippen molar-refractivity contribution in [1.82, 2.24) is 25.9 Å². The van der Waals surface area contributed by atoms with Crippen LogP contribution in [0.1, 0.15) is 17.0 Å². The van der Waals surface area contributed by atoms with E-state index in [1.54, 1.807) is 24.3 Å². The largest absolute Gasteiger partial charge is 0.345 e. The van der Waals surface area contributed by atoms with E-state index in [0.29, 0.717) is 11.4 Å². The first kappa shape index (κ1) is 12.4. The molecule has 1 aromatic carbocycles. The van der Waals surface area contributed by atoms with Gasteiger partial charge in [0.25, 0.3) is 0 Å². The van der Waals surface area contributed by atoms with E-state index in [9.17, 15) is 4.79 Å². The van der Waals surface area contributed by atoms with Gasteiger partial charge in [0.15, 0.2) is 5.82 Å². The van der Waals surface area contributed by atoms with Gasteiger partial charge >= 0.3 is 0 Å². The highest BCUT2D eigenvalue weighted by molar-refractivity contribution is 5.91. The summed E-state index contributed by atoms with van der Waals surface area (Å²) in [5, 5.41) is 24.4. The fraction of sp³-hybridized carbons (Fsp3) is 0.0833. The third-order valence-corrected chi connectivity index (χ3v) is 2.25. The van der Waals surface area contributed by atoms with E-state index in [1.165, 1.54) is 6.08 Å². The molecule has 0 aliphatic heterocycles. The summed E-state index contributed by atoms with van der Waals surface area (Å²) in [4.78, 5) is 11.5. The lowest BCUT2D eigenvalue weighted by molar-refractivity contribution is -0.116. The number of aromatic nitrogens is 4. The van der Waals surface area contributed by atoms with Crippen LogP contribution >= 0.6 is 0 Å². The van der Waals surface area contributed by atoms with E-state index in [-0.39, 0.29) is 12.5 Å². The fourth-order valence-electron chi connectivity index (χ4n) is 1.37. The molecule has 1 aromatic heterocycles. The van der Waals surface area contributed by atoms with Gasteiger partial charge in [0.05, 0.1) is 18.2 Å². The van der Waals surface area contributed by atoms with Gasteiger partial charge in [-0.25, -0.2) is 0 Å². The molecular formula is C12H10N6O. The number of nitriles is 1. The van der Waals surface area contributed by atoms with Crippen LogP contribution in [0.15, 0.2) is 30.3 Å². The van der Waals surface area contributed by atoms with Gasteiger partial charge in [-0.3, -0.25) is 4.79 Å². The molecule has 19 heavy (non-hydrogen) atoms. The molecule has 0 unspecified atom stereocenters. The second-order valence-corrected chi connectivity index (χ2v) is 3.62. The van der Waals surface area contributed by atoms with Gasteiger partial charge in [0.1, 0.15) is 0 Å². The van der Waals surface area contributed by atoms with E-state index in [2.05, 4.69) is 25.9 Å². The minimum absolute atomic E-state index is 0.206. The summed E-state index contributed by atoms with van der Waals surface area (Å²) in [7, 11) is 0. The van der Waals surface area contributed by atoms with E-state index in [4.69, 9.17) is 5.26 Å². The number of carbonyl (C=O) groups excluding carboxylic acids is 1. The molecule has 2 N–H and O–H groups in total. The molecule has 7 nitrogen and oxygen atoms in total. The van der Waals surface area contributed by atoms with Crippen molar-refractivity contribution in [3.8, 4) is 6.07 Å². The third-order valence-electron chi connectivity index (χ3n) is 2.25. The number of nitrogens with zero attached hydrogens (tertiary/aromatic N) is 4. The van der Waals surface area contributed by atoms with Crippen LogP contribution in [0, 0.1) is 11.3 Å². The lowest BCUT2D eigenvalue weighted by Gasteiger charge is -1.97. The summed E-state index contributed by atoms with van der Waals surface area (Å²) in [6.07, 6.45) is 3.02. The number of amides is 1. The standard InChI is InChI=1S/C12H10N6O/c13-7-10-3-1-2-9(6-10)4-5-12(19)14-8-11-15-17-18-16-11/h1-6H,8H2,(H,14,19)(H,15,16,17,18). The van der Waals surface area contributed by atoms with Crippen LogP contribution < -0.4 is 5.32 Å². The molecule has 7 heteroatoms. The SMILES string of the molecule is N#Cc1cccc(C=CC(=O)NCc2nn[nH]n2)c1. The lowest BCUT2D eigenvalue weighted by atomic mass is 10.1. The maximum atomic E-state index is 11.5. The second-order valence-electron chi connectivity index (χ2n) is 3.62. The predicted octanol–water partition coefficient (Wildman–Crippen LogP) is 0.401. The first-order valence-corrected chi connectivity index (χ1v) is 5.46. The molecule has 94 valence electrons. The van der Waals surface area contributed by atoms with Crippen molar-refractivity contribution in [3.63, 3.8) is 0 Å². The van der Waals surface area contributed by atoms with Gasteiger partial charge < -0.3 is 5.32 Å². The molecule has 0 spiro atoms. The Morgan fingerprint density at radius 1 is 1.53 bits per heavy atom. The Kier molecular flexibility index (Phi) is 3.97. The minimum atomic E-state index is -0.271. The van der Waals surface area contributed by atoms with Gasteiger partial charge in [-0.1, -0.05) is 17.3 Å². The summed E-state index contributed by atoms with van der Waals surface area (Å²) in [6.45, 7) is 0.206. The summed E-state index contributed by atoms with van der Waals surface area (Å²) in [5.41, 5.74) is 1.34. The Labute approximate surface area is 109 Å². The van der Waals surface area contributed by atoms with Crippen LogP contribution in [0.2, 0.25) is 0 Å². The summed E-state index contributed by atoms with van der Waals surface area (Å²) >= 11 is 0. The minimum Gasteiger partial charge on any atom is -0.345 e. The normalized spacial score (nSPS) is 10.3. The number of nitrogens with one attached hydrogen (secondary N) is 2. The second kappa shape index (κ2) is 6.07. The zero-order chi connectivity index (χ0) is 13.5. The van der Waals surface area contributed by atoms with Crippen molar-refractivity contribution < 1.29 is 4.79 Å². The van der Waals surface area contributed by atoms with Gasteiger partial charge in [-0.2, -0.15) is 10.5 Å². The number of carbonyl (C=O) groups is 1. The maximum Gasteiger partial charge on any atom is 0.244 e. The molecule has 0 aliphatic carbocycles. The van der Waals surface area contributed by atoms with E-state index < -0.39 is 0 Å². The van der Waals surface area contributed by atoms with Crippen molar-refractivity contribution in [2.24, 2.45) is 0 Å². The lowest BCUT2D eigenvalue weighted by Crippen LogP contribution is -2.20. The van der Waals surface area contributed by atoms with Crippen molar-refractivity contribution in [2.45, 2.75) is 6.54 Å². The third kappa shape index (κ3) is 3.74. The molecule has 0 radical (unpaired) electrons. The van der Waals surface area contributed by atoms with E-state index in [1.807, 2.05) is 12.1 Å². The number of benzene rings is 1. The Hall–Kier alpha value is -3.01. The summed E-state index contributed by atoms with van der Waals surface area (Å²) < 4.78 is 0. The smallest absolute Gasteiger partial charge is 0.244 e. The van der Waals surface area contributed by atoms with Crippen LogP contribution in [-0.2, 0) is 11.3 Å².